The van der Waals surface area contributed by atoms with Gasteiger partial charge in [0.1, 0.15) is 6.07 Å². The van der Waals surface area contributed by atoms with E-state index < -0.39 is 10.0 Å². The standard InChI is InChI=1S/C30H31N5O2S/c1-21-26-13-14-32-29(26)12-11-28(21)34-30-25(18-31)19-33-22(2)27(30)10-9-23-7-6-8-24(17-23)20-38(36,37)35-15-4-3-5-16-35/h6-14,17,19,32H,3-5,15-16,20H2,1-2H3,(H,33,34)/b10-9+. The first kappa shape index (κ1) is 25.7. The van der Waals surface area contributed by atoms with E-state index in [0.717, 1.165) is 63.8 Å². The second kappa shape index (κ2) is 10.8. The molecule has 1 aliphatic rings. The van der Waals surface area contributed by atoms with Crippen molar-refractivity contribution in [2.45, 2.75) is 38.9 Å². The van der Waals surface area contributed by atoms with Gasteiger partial charge in [-0.05, 0) is 61.6 Å². The monoisotopic (exact) mass is 525 g/mol. The van der Waals surface area contributed by atoms with Crippen LogP contribution in [0.3, 0.4) is 0 Å². The number of hydrogen-bond donors (Lipinski definition) is 2. The minimum Gasteiger partial charge on any atom is -0.361 e. The van der Waals surface area contributed by atoms with Gasteiger partial charge in [0, 0.05) is 53.3 Å². The Labute approximate surface area is 223 Å². The van der Waals surface area contributed by atoms with E-state index in [1.54, 1.807) is 10.5 Å². The van der Waals surface area contributed by atoms with Crippen molar-refractivity contribution < 1.29 is 8.42 Å². The summed E-state index contributed by atoms with van der Waals surface area (Å²) in [5.41, 5.74) is 7.43. The Morgan fingerprint density at radius 1 is 1.11 bits per heavy atom. The molecule has 7 nitrogen and oxygen atoms in total. The number of aromatic amines is 1. The summed E-state index contributed by atoms with van der Waals surface area (Å²) in [7, 11) is -3.34. The molecule has 0 bridgehead atoms. The fourth-order valence-electron chi connectivity index (χ4n) is 5.01. The molecule has 5 rings (SSSR count). The molecule has 8 heteroatoms. The zero-order valence-electron chi connectivity index (χ0n) is 21.7. The van der Waals surface area contributed by atoms with Gasteiger partial charge in [-0.2, -0.15) is 5.26 Å². The number of sulfonamides is 1. The third-order valence-electron chi connectivity index (χ3n) is 7.15. The van der Waals surface area contributed by atoms with Gasteiger partial charge in [-0.3, -0.25) is 4.98 Å². The number of anilines is 2. The number of aromatic nitrogens is 2. The maximum absolute atomic E-state index is 12.9. The van der Waals surface area contributed by atoms with Gasteiger partial charge in [0.2, 0.25) is 10.0 Å². The van der Waals surface area contributed by atoms with Crippen LogP contribution in [0.25, 0.3) is 23.1 Å². The van der Waals surface area contributed by atoms with Crippen molar-refractivity contribution in [3.05, 3.63) is 88.4 Å². The quantitative estimate of drug-likeness (QED) is 0.296. The number of hydrogen-bond acceptors (Lipinski definition) is 5. The molecule has 1 fully saturated rings. The summed E-state index contributed by atoms with van der Waals surface area (Å²) < 4.78 is 27.5. The van der Waals surface area contributed by atoms with Crippen molar-refractivity contribution in [2.24, 2.45) is 0 Å². The van der Waals surface area contributed by atoms with E-state index in [1.807, 2.05) is 67.7 Å². The number of rotatable bonds is 7. The molecule has 1 aliphatic heterocycles. The summed E-state index contributed by atoms with van der Waals surface area (Å²) >= 11 is 0. The molecule has 1 saturated heterocycles. The van der Waals surface area contributed by atoms with E-state index in [4.69, 9.17) is 0 Å². The Balaban J connectivity index is 1.44. The molecular formula is C30H31N5O2S. The Hall–Kier alpha value is -3.93. The lowest BCUT2D eigenvalue weighted by molar-refractivity contribution is 0.346. The highest BCUT2D eigenvalue weighted by Crippen LogP contribution is 2.32. The smallest absolute Gasteiger partial charge is 0.218 e. The van der Waals surface area contributed by atoms with Crippen LogP contribution in [0.1, 0.15) is 52.8 Å². The average molecular weight is 526 g/mol. The van der Waals surface area contributed by atoms with Gasteiger partial charge in [0.25, 0.3) is 0 Å². The lowest BCUT2D eigenvalue weighted by Gasteiger charge is -2.25. The SMILES string of the molecule is Cc1ncc(C#N)c(Nc2ccc3[nH]ccc3c2C)c1/C=C/c1cccc(CS(=O)(=O)N2CCCCC2)c1. The number of fused-ring (bicyclic) bond motifs is 1. The summed E-state index contributed by atoms with van der Waals surface area (Å²) in [5, 5.41) is 14.4. The zero-order valence-corrected chi connectivity index (χ0v) is 22.5. The Morgan fingerprint density at radius 3 is 2.71 bits per heavy atom. The van der Waals surface area contributed by atoms with Crippen molar-refractivity contribution in [1.29, 1.82) is 5.26 Å². The molecule has 38 heavy (non-hydrogen) atoms. The van der Waals surface area contributed by atoms with Gasteiger partial charge < -0.3 is 10.3 Å². The molecule has 194 valence electrons. The number of pyridine rings is 1. The van der Waals surface area contributed by atoms with Crippen LogP contribution < -0.4 is 5.32 Å². The molecule has 2 aromatic heterocycles. The molecule has 3 heterocycles. The van der Waals surface area contributed by atoms with E-state index in [0.29, 0.717) is 24.3 Å². The predicted molar refractivity (Wildman–Crippen MR) is 153 cm³/mol. The van der Waals surface area contributed by atoms with Crippen LogP contribution in [0.5, 0.6) is 0 Å². The lowest BCUT2D eigenvalue weighted by atomic mass is 10.0. The molecule has 4 aromatic rings. The van der Waals surface area contributed by atoms with Gasteiger partial charge in [-0.1, -0.05) is 42.8 Å². The van der Waals surface area contributed by atoms with Crippen molar-refractivity contribution in [3.8, 4) is 6.07 Å². The normalized spacial score (nSPS) is 14.7. The summed E-state index contributed by atoms with van der Waals surface area (Å²) in [6.45, 7) is 5.18. The summed E-state index contributed by atoms with van der Waals surface area (Å²) in [6, 6.07) is 15.9. The van der Waals surface area contributed by atoms with E-state index in [2.05, 4.69) is 28.3 Å². The summed E-state index contributed by atoms with van der Waals surface area (Å²) in [6.07, 6.45) is 10.3. The first-order chi connectivity index (χ1) is 18.4. The number of aryl methyl sites for hydroxylation is 2. The summed E-state index contributed by atoms with van der Waals surface area (Å²) in [5.74, 6) is -0.00705. The highest BCUT2D eigenvalue weighted by molar-refractivity contribution is 7.88. The molecule has 0 saturated carbocycles. The Morgan fingerprint density at radius 2 is 1.92 bits per heavy atom. The van der Waals surface area contributed by atoms with Crippen LogP contribution in [0.4, 0.5) is 11.4 Å². The highest BCUT2D eigenvalue weighted by atomic mass is 32.2. The number of H-pyrrole nitrogens is 1. The second-order valence-electron chi connectivity index (χ2n) is 9.75. The molecular weight excluding hydrogens is 494 g/mol. The zero-order chi connectivity index (χ0) is 26.7. The van der Waals surface area contributed by atoms with E-state index >= 15 is 0 Å². The number of nitriles is 1. The topological polar surface area (TPSA) is 102 Å². The molecule has 0 spiro atoms. The van der Waals surface area contributed by atoms with Crippen LogP contribution in [-0.2, 0) is 15.8 Å². The van der Waals surface area contributed by atoms with Crippen molar-refractivity contribution in [3.63, 3.8) is 0 Å². The lowest BCUT2D eigenvalue weighted by Crippen LogP contribution is -2.36. The molecule has 2 N–H and O–H groups in total. The van der Waals surface area contributed by atoms with E-state index in [-0.39, 0.29) is 5.75 Å². The average Bonchev–Trinajstić information content (AvgIpc) is 3.40. The third kappa shape index (κ3) is 5.35. The van der Waals surface area contributed by atoms with Crippen LogP contribution in [0.2, 0.25) is 0 Å². The molecule has 0 aliphatic carbocycles. The molecule has 0 radical (unpaired) electrons. The van der Waals surface area contributed by atoms with Crippen LogP contribution in [0, 0.1) is 25.2 Å². The van der Waals surface area contributed by atoms with Crippen LogP contribution in [-0.4, -0.2) is 35.8 Å². The molecule has 0 amide bonds. The first-order valence-electron chi connectivity index (χ1n) is 12.8. The minimum atomic E-state index is -3.34. The molecule has 2 aromatic carbocycles. The van der Waals surface area contributed by atoms with Gasteiger partial charge in [0.15, 0.2) is 0 Å². The second-order valence-corrected chi connectivity index (χ2v) is 11.7. The third-order valence-corrected chi connectivity index (χ3v) is 9.00. The number of benzene rings is 2. The summed E-state index contributed by atoms with van der Waals surface area (Å²) in [4.78, 5) is 7.67. The van der Waals surface area contributed by atoms with Crippen molar-refractivity contribution in [2.75, 3.05) is 18.4 Å². The first-order valence-corrected chi connectivity index (χ1v) is 14.4. The van der Waals surface area contributed by atoms with E-state index in [1.165, 1.54) is 0 Å². The molecule has 0 unspecified atom stereocenters. The number of nitrogens with one attached hydrogen (secondary N) is 2. The Bertz CT molecular complexity index is 1660. The predicted octanol–water partition coefficient (Wildman–Crippen LogP) is 6.28. The van der Waals surface area contributed by atoms with Gasteiger partial charge in [-0.25, -0.2) is 12.7 Å². The van der Waals surface area contributed by atoms with Crippen LogP contribution >= 0.6 is 0 Å². The van der Waals surface area contributed by atoms with Gasteiger partial charge >= 0.3 is 0 Å². The number of piperidine rings is 1. The minimum absolute atomic E-state index is 0.00705. The maximum Gasteiger partial charge on any atom is 0.218 e. The maximum atomic E-state index is 12.9. The van der Waals surface area contributed by atoms with E-state index in [9.17, 15) is 13.7 Å². The Kier molecular flexibility index (Phi) is 7.32. The highest BCUT2D eigenvalue weighted by Gasteiger charge is 2.24. The largest absolute Gasteiger partial charge is 0.361 e. The van der Waals surface area contributed by atoms with Crippen molar-refractivity contribution >= 4 is 44.5 Å². The van der Waals surface area contributed by atoms with Gasteiger partial charge in [0.05, 0.1) is 17.0 Å². The number of nitrogens with zero attached hydrogens (tertiary/aromatic N) is 3. The fourth-order valence-corrected chi connectivity index (χ4v) is 6.61. The van der Waals surface area contributed by atoms with Crippen LogP contribution in [0.15, 0.2) is 54.9 Å². The van der Waals surface area contributed by atoms with Crippen molar-refractivity contribution in [1.82, 2.24) is 14.3 Å². The fraction of sp³-hybridized carbons (Fsp3) is 0.267. The van der Waals surface area contributed by atoms with Gasteiger partial charge in [-0.15, -0.1) is 0 Å². The molecule has 0 atom stereocenters.